The highest BCUT2D eigenvalue weighted by Gasteiger charge is 2.57. The average molecular weight is 548 g/mol. The molecule has 6 rings (SSSR count). The monoisotopic (exact) mass is 547 g/mol. The average Bonchev–Trinajstić information content (AvgIpc) is 3.62. The number of benzene rings is 2. The summed E-state index contributed by atoms with van der Waals surface area (Å²) in [5.41, 5.74) is 3.05. The van der Waals surface area contributed by atoms with Crippen LogP contribution in [0.15, 0.2) is 71.3 Å². The van der Waals surface area contributed by atoms with Crippen LogP contribution in [0.1, 0.15) is 35.9 Å². The van der Waals surface area contributed by atoms with Crippen LogP contribution in [0.3, 0.4) is 0 Å². The van der Waals surface area contributed by atoms with Crippen molar-refractivity contribution in [2.45, 2.75) is 30.3 Å². The van der Waals surface area contributed by atoms with Crippen LogP contribution in [0, 0.1) is 11.3 Å². The Balaban J connectivity index is 1.34. The van der Waals surface area contributed by atoms with Crippen molar-refractivity contribution >= 4 is 23.8 Å². The second kappa shape index (κ2) is 10.9. The minimum Gasteiger partial charge on any atom is -0.453 e. The van der Waals surface area contributed by atoms with Crippen LogP contribution in [-0.2, 0) is 9.53 Å². The Morgan fingerprint density at radius 2 is 1.79 bits per heavy atom. The second-order valence-corrected chi connectivity index (χ2v) is 12.1. The van der Waals surface area contributed by atoms with E-state index in [-0.39, 0.29) is 29.5 Å². The van der Waals surface area contributed by atoms with Crippen molar-refractivity contribution in [1.82, 2.24) is 25.8 Å². The maximum absolute atomic E-state index is 14.7. The molecule has 0 radical (unpaired) electrons. The molecule has 9 heteroatoms. The summed E-state index contributed by atoms with van der Waals surface area (Å²) in [5.74, 6) is 0.299. The molecule has 0 aliphatic carbocycles. The van der Waals surface area contributed by atoms with Crippen LogP contribution >= 0.6 is 11.8 Å². The maximum Gasteiger partial charge on any atom is 0.409 e. The van der Waals surface area contributed by atoms with Gasteiger partial charge in [-0.3, -0.25) is 10.1 Å². The number of methoxy groups -OCH3 is 1. The highest BCUT2D eigenvalue weighted by Crippen LogP contribution is 2.53. The van der Waals surface area contributed by atoms with Gasteiger partial charge in [-0.25, -0.2) is 4.79 Å². The molecule has 3 N–H and O–H groups in total. The first-order valence-electron chi connectivity index (χ1n) is 13.8. The maximum atomic E-state index is 14.7. The Morgan fingerprint density at radius 3 is 2.49 bits per heavy atom. The van der Waals surface area contributed by atoms with Crippen LogP contribution in [-0.4, -0.2) is 74.2 Å². The van der Waals surface area contributed by atoms with Crippen molar-refractivity contribution in [2.24, 2.45) is 11.3 Å². The second-order valence-electron chi connectivity index (χ2n) is 11.0. The Morgan fingerprint density at radius 1 is 1.08 bits per heavy atom. The van der Waals surface area contributed by atoms with E-state index in [0.29, 0.717) is 38.6 Å². The predicted octanol–water partition coefficient (Wildman–Crippen LogP) is 3.47. The normalized spacial score (nSPS) is 30.3. The van der Waals surface area contributed by atoms with Gasteiger partial charge in [-0.1, -0.05) is 72.4 Å². The SMILES string of the molecule is CNC1NC2=C(S1)[C@@]1(CNC[C@H]1C(=O)N1CC[C@@H](c3ccccc3)C[C@H]1c1ccccc1)CN(C(=O)OC)C2. The van der Waals surface area contributed by atoms with Crippen molar-refractivity contribution in [3.05, 3.63) is 82.4 Å². The van der Waals surface area contributed by atoms with Gasteiger partial charge in [-0.15, -0.1) is 0 Å². The molecular formula is C30H37N5O3S. The lowest BCUT2D eigenvalue weighted by Crippen LogP contribution is -2.55. The van der Waals surface area contributed by atoms with Gasteiger partial charge in [-0.05, 0) is 36.9 Å². The highest BCUT2D eigenvalue weighted by atomic mass is 32.2. The molecule has 2 aromatic rings. The van der Waals surface area contributed by atoms with Crippen LogP contribution < -0.4 is 16.0 Å². The fourth-order valence-electron chi connectivity index (χ4n) is 6.96. The number of amides is 2. The van der Waals surface area contributed by atoms with E-state index < -0.39 is 5.41 Å². The number of likely N-dealkylation sites (tertiary alicyclic amines) is 1. The van der Waals surface area contributed by atoms with Gasteiger partial charge in [0.05, 0.1) is 25.6 Å². The molecular weight excluding hydrogens is 510 g/mol. The number of carbonyl (C=O) groups is 2. The van der Waals surface area contributed by atoms with Crippen LogP contribution in [0.2, 0.25) is 0 Å². The third kappa shape index (κ3) is 4.70. The molecule has 39 heavy (non-hydrogen) atoms. The molecule has 8 nitrogen and oxygen atoms in total. The van der Waals surface area contributed by atoms with E-state index in [1.807, 2.05) is 13.1 Å². The Labute approximate surface area is 234 Å². The Kier molecular flexibility index (Phi) is 7.31. The molecule has 0 bridgehead atoms. The van der Waals surface area contributed by atoms with Gasteiger partial charge in [-0.2, -0.15) is 0 Å². The molecule has 2 amide bonds. The van der Waals surface area contributed by atoms with Crippen LogP contribution in [0.4, 0.5) is 4.79 Å². The fraction of sp³-hybridized carbons (Fsp3) is 0.467. The zero-order valence-electron chi connectivity index (χ0n) is 22.6. The Hall–Kier alpha value is -3.01. The molecule has 1 unspecified atom stereocenters. The number of nitrogens with zero attached hydrogens (tertiary/aromatic N) is 2. The van der Waals surface area contributed by atoms with Crippen molar-refractivity contribution in [3.8, 4) is 0 Å². The lowest BCUT2D eigenvalue weighted by atomic mass is 9.73. The number of rotatable bonds is 4. The number of thioether (sulfide) groups is 1. The summed E-state index contributed by atoms with van der Waals surface area (Å²) in [5, 5.41) is 10.4. The van der Waals surface area contributed by atoms with Gasteiger partial charge in [0.15, 0.2) is 0 Å². The topological polar surface area (TPSA) is 85.9 Å². The summed E-state index contributed by atoms with van der Waals surface area (Å²) < 4.78 is 5.13. The van der Waals surface area contributed by atoms with Gasteiger partial charge >= 0.3 is 6.09 Å². The first-order chi connectivity index (χ1) is 19.0. The summed E-state index contributed by atoms with van der Waals surface area (Å²) >= 11 is 1.74. The molecule has 4 aliphatic heterocycles. The van der Waals surface area contributed by atoms with E-state index in [1.165, 1.54) is 23.1 Å². The number of carbonyl (C=O) groups excluding carboxylic acids is 2. The van der Waals surface area contributed by atoms with E-state index in [9.17, 15) is 9.59 Å². The third-order valence-corrected chi connectivity index (χ3v) is 10.4. The zero-order chi connectivity index (χ0) is 27.0. The first-order valence-corrected chi connectivity index (χ1v) is 14.7. The lowest BCUT2D eigenvalue weighted by Gasteiger charge is -2.46. The van der Waals surface area contributed by atoms with E-state index >= 15 is 0 Å². The molecule has 5 atom stereocenters. The quantitative estimate of drug-likeness (QED) is 0.541. The van der Waals surface area contributed by atoms with Crippen molar-refractivity contribution in [3.63, 3.8) is 0 Å². The van der Waals surface area contributed by atoms with E-state index in [4.69, 9.17) is 4.74 Å². The fourth-order valence-corrected chi connectivity index (χ4v) is 8.30. The zero-order valence-corrected chi connectivity index (χ0v) is 23.4. The van der Waals surface area contributed by atoms with Gasteiger partial charge < -0.3 is 25.2 Å². The molecule has 2 aromatic carbocycles. The molecule has 2 saturated heterocycles. The molecule has 2 fully saturated rings. The summed E-state index contributed by atoms with van der Waals surface area (Å²) in [7, 11) is 3.34. The highest BCUT2D eigenvalue weighted by molar-refractivity contribution is 8.03. The summed E-state index contributed by atoms with van der Waals surface area (Å²) in [6.07, 6.45) is 1.48. The summed E-state index contributed by atoms with van der Waals surface area (Å²) in [6.45, 7) is 2.88. The standard InChI is InChI=1S/C30H37N5O3S/c1-31-28-33-24-17-34(29(37)38-2)19-30(26(24)39-28)18-32-16-23(30)27(36)35-14-13-22(20-9-5-3-6-10-20)15-25(35)21-11-7-4-8-12-21/h3-12,22-23,25,28,31-33H,13-19H2,1-2H3/t22-,23+,25+,28?,30+/m1/s1. The largest absolute Gasteiger partial charge is 0.453 e. The Bertz CT molecular complexity index is 1240. The number of nitrogens with one attached hydrogen (secondary N) is 3. The van der Waals surface area contributed by atoms with E-state index in [2.05, 4.69) is 75.4 Å². The van der Waals surface area contributed by atoms with Crippen LogP contribution in [0.25, 0.3) is 0 Å². The minimum absolute atomic E-state index is 0.00321. The third-order valence-electron chi connectivity index (χ3n) is 8.88. The molecule has 4 heterocycles. The van der Waals surface area contributed by atoms with Crippen LogP contribution in [0.5, 0.6) is 0 Å². The first kappa shape index (κ1) is 26.2. The number of fused-ring (bicyclic) bond motifs is 1. The molecule has 0 aromatic heterocycles. The number of ether oxygens (including phenoxy) is 1. The smallest absolute Gasteiger partial charge is 0.409 e. The van der Waals surface area contributed by atoms with Crippen molar-refractivity contribution in [1.29, 1.82) is 0 Å². The number of hydrogen-bond acceptors (Lipinski definition) is 7. The van der Waals surface area contributed by atoms with E-state index in [1.54, 1.807) is 16.7 Å². The minimum atomic E-state index is -0.500. The molecule has 0 saturated carbocycles. The molecule has 1 spiro atoms. The summed E-state index contributed by atoms with van der Waals surface area (Å²) in [6, 6.07) is 21.1. The number of hydrogen-bond donors (Lipinski definition) is 3. The summed E-state index contributed by atoms with van der Waals surface area (Å²) in [4.78, 5) is 32.5. The van der Waals surface area contributed by atoms with Gasteiger partial charge in [0.25, 0.3) is 0 Å². The van der Waals surface area contributed by atoms with Crippen molar-refractivity contribution in [2.75, 3.05) is 46.9 Å². The lowest BCUT2D eigenvalue weighted by molar-refractivity contribution is -0.142. The van der Waals surface area contributed by atoms with Gasteiger partial charge in [0, 0.05) is 42.2 Å². The molecule has 206 valence electrons. The number of piperidine rings is 1. The van der Waals surface area contributed by atoms with E-state index in [0.717, 1.165) is 18.5 Å². The predicted molar refractivity (Wildman–Crippen MR) is 153 cm³/mol. The molecule has 4 aliphatic rings. The van der Waals surface area contributed by atoms with Gasteiger partial charge in [0.1, 0.15) is 5.50 Å². The van der Waals surface area contributed by atoms with Gasteiger partial charge in [0.2, 0.25) is 5.91 Å². The van der Waals surface area contributed by atoms with Crippen molar-refractivity contribution < 1.29 is 14.3 Å².